The highest BCUT2D eigenvalue weighted by molar-refractivity contribution is 9.10. The molecule has 1 N–H and O–H groups in total. The Morgan fingerprint density at radius 2 is 1.85 bits per heavy atom. The number of thioether (sulfide) groups is 1. The van der Waals surface area contributed by atoms with Crippen molar-refractivity contribution in [2.24, 2.45) is 0 Å². The van der Waals surface area contributed by atoms with Crippen LogP contribution in [0.3, 0.4) is 0 Å². The largest absolute Gasteiger partial charge is 0.483 e. The van der Waals surface area contributed by atoms with Crippen LogP contribution in [0.2, 0.25) is 0 Å². The zero-order valence-electron chi connectivity index (χ0n) is 14.5. The molecule has 0 aliphatic rings. The zero-order chi connectivity index (χ0) is 18.4. The molecule has 0 aromatic heterocycles. The summed E-state index contributed by atoms with van der Waals surface area (Å²) in [5.41, 5.74) is 1.25. The van der Waals surface area contributed by atoms with E-state index in [2.05, 4.69) is 52.4 Å². The smallest absolute Gasteiger partial charge is 0.257 e. The van der Waals surface area contributed by atoms with E-state index in [1.807, 2.05) is 36.4 Å². The lowest BCUT2D eigenvalue weighted by molar-refractivity contribution is -0.122. The number of ether oxygens (including phenoxy) is 1. The molecule has 0 saturated heterocycles. The number of amides is 1. The number of halogens is 1. The highest BCUT2D eigenvalue weighted by atomic mass is 79.9. The molecule has 3 rings (SSSR count). The van der Waals surface area contributed by atoms with E-state index >= 15 is 0 Å². The van der Waals surface area contributed by atoms with Gasteiger partial charge in [-0.15, -0.1) is 11.8 Å². The van der Waals surface area contributed by atoms with Crippen molar-refractivity contribution in [3.05, 3.63) is 70.7 Å². The second-order valence-corrected chi connectivity index (χ2v) is 7.86. The number of rotatable bonds is 7. The molecular weight excluding hydrogens is 410 g/mol. The lowest BCUT2D eigenvalue weighted by Gasteiger charge is -2.10. The number of hydrogen-bond acceptors (Lipinski definition) is 3. The summed E-state index contributed by atoms with van der Waals surface area (Å²) in [4.78, 5) is 13.2. The van der Waals surface area contributed by atoms with Crippen LogP contribution in [0.4, 0.5) is 0 Å². The number of aryl methyl sites for hydroxylation is 1. The van der Waals surface area contributed by atoms with Gasteiger partial charge in [-0.25, -0.2) is 0 Å². The van der Waals surface area contributed by atoms with Crippen LogP contribution >= 0.6 is 27.7 Å². The third-order valence-corrected chi connectivity index (χ3v) is 5.73. The average molecular weight is 430 g/mol. The Morgan fingerprint density at radius 3 is 2.65 bits per heavy atom. The first kappa shape index (κ1) is 18.8. The lowest BCUT2D eigenvalue weighted by Crippen LogP contribution is -2.30. The fourth-order valence-electron chi connectivity index (χ4n) is 2.51. The third kappa shape index (κ3) is 5.02. The molecule has 0 bridgehead atoms. The number of hydrogen-bond donors (Lipinski definition) is 1. The monoisotopic (exact) mass is 429 g/mol. The van der Waals surface area contributed by atoms with E-state index in [0.29, 0.717) is 12.3 Å². The van der Waals surface area contributed by atoms with E-state index in [0.717, 1.165) is 21.0 Å². The third-order valence-electron chi connectivity index (χ3n) is 3.90. The average Bonchev–Trinajstić information content (AvgIpc) is 2.66. The molecule has 0 unspecified atom stereocenters. The van der Waals surface area contributed by atoms with Gasteiger partial charge in [0.15, 0.2) is 6.61 Å². The SMILES string of the molecule is Cc1ccc(SCCNC(=O)COc2ccc3ccccc3c2Br)cc1. The van der Waals surface area contributed by atoms with Crippen LogP contribution in [0.15, 0.2) is 70.0 Å². The number of benzene rings is 3. The van der Waals surface area contributed by atoms with Crippen LogP contribution in [-0.4, -0.2) is 24.8 Å². The zero-order valence-corrected chi connectivity index (χ0v) is 16.9. The predicted molar refractivity (Wildman–Crippen MR) is 112 cm³/mol. The normalized spacial score (nSPS) is 10.7. The summed E-state index contributed by atoms with van der Waals surface area (Å²) in [5.74, 6) is 1.39. The molecule has 0 radical (unpaired) electrons. The van der Waals surface area contributed by atoms with Crippen LogP contribution in [-0.2, 0) is 4.79 Å². The molecule has 5 heteroatoms. The van der Waals surface area contributed by atoms with Crippen molar-refractivity contribution >= 4 is 44.4 Å². The summed E-state index contributed by atoms with van der Waals surface area (Å²) in [5, 5.41) is 5.09. The number of carbonyl (C=O) groups is 1. The van der Waals surface area contributed by atoms with Gasteiger partial charge in [0.25, 0.3) is 5.91 Å². The van der Waals surface area contributed by atoms with Crippen LogP contribution in [0.5, 0.6) is 5.75 Å². The summed E-state index contributed by atoms with van der Waals surface area (Å²) < 4.78 is 6.54. The molecule has 3 nitrogen and oxygen atoms in total. The summed E-state index contributed by atoms with van der Waals surface area (Å²) in [6.07, 6.45) is 0. The first-order chi connectivity index (χ1) is 12.6. The molecule has 0 fully saturated rings. The van der Waals surface area contributed by atoms with Gasteiger partial charge in [-0.3, -0.25) is 4.79 Å². The molecule has 0 aliphatic carbocycles. The molecule has 134 valence electrons. The van der Waals surface area contributed by atoms with E-state index < -0.39 is 0 Å². The fourth-order valence-corrected chi connectivity index (χ4v) is 3.89. The molecule has 3 aromatic carbocycles. The number of fused-ring (bicyclic) bond motifs is 1. The van der Waals surface area contributed by atoms with Gasteiger partial charge in [0.1, 0.15) is 5.75 Å². The van der Waals surface area contributed by atoms with E-state index in [4.69, 9.17) is 4.74 Å². The van der Waals surface area contributed by atoms with Crippen LogP contribution in [0, 0.1) is 6.92 Å². The quantitative estimate of drug-likeness (QED) is 0.414. The molecule has 0 aliphatic heterocycles. The topological polar surface area (TPSA) is 38.3 Å². The van der Waals surface area contributed by atoms with Gasteiger partial charge in [0.2, 0.25) is 0 Å². The Balaban J connectivity index is 1.44. The maximum absolute atomic E-state index is 12.0. The highest BCUT2D eigenvalue weighted by Crippen LogP contribution is 2.32. The molecule has 1 amide bonds. The summed E-state index contributed by atoms with van der Waals surface area (Å²) >= 11 is 5.29. The molecule has 26 heavy (non-hydrogen) atoms. The summed E-state index contributed by atoms with van der Waals surface area (Å²) in [7, 11) is 0. The number of carbonyl (C=O) groups excluding carboxylic acids is 1. The van der Waals surface area contributed by atoms with Crippen molar-refractivity contribution in [1.29, 1.82) is 0 Å². The van der Waals surface area contributed by atoms with Gasteiger partial charge in [0, 0.05) is 17.2 Å². The summed E-state index contributed by atoms with van der Waals surface area (Å²) in [6, 6.07) is 20.3. The van der Waals surface area contributed by atoms with E-state index in [1.165, 1.54) is 10.5 Å². The first-order valence-corrected chi connectivity index (χ1v) is 10.2. The van der Waals surface area contributed by atoms with E-state index in [9.17, 15) is 4.79 Å². The van der Waals surface area contributed by atoms with Crippen molar-refractivity contribution in [2.75, 3.05) is 18.9 Å². The molecule has 0 saturated carbocycles. The Hall–Kier alpha value is -1.98. The van der Waals surface area contributed by atoms with Gasteiger partial charge in [-0.05, 0) is 51.8 Å². The Kier molecular flexibility index (Phi) is 6.58. The van der Waals surface area contributed by atoms with Gasteiger partial charge in [0.05, 0.1) is 4.47 Å². The molecule has 0 spiro atoms. The van der Waals surface area contributed by atoms with Crippen LogP contribution in [0.25, 0.3) is 10.8 Å². The van der Waals surface area contributed by atoms with Crippen LogP contribution < -0.4 is 10.1 Å². The van der Waals surface area contributed by atoms with Gasteiger partial charge < -0.3 is 10.1 Å². The van der Waals surface area contributed by atoms with Crippen molar-refractivity contribution in [2.45, 2.75) is 11.8 Å². The summed E-state index contributed by atoms with van der Waals surface area (Å²) in [6.45, 7) is 2.69. The predicted octanol–water partition coefficient (Wildman–Crippen LogP) is 5.20. The molecular formula is C21H20BrNO2S. The molecule has 0 heterocycles. The van der Waals surface area contributed by atoms with Gasteiger partial charge in [-0.1, -0.05) is 48.0 Å². The second-order valence-electron chi connectivity index (χ2n) is 5.90. The van der Waals surface area contributed by atoms with Crippen molar-refractivity contribution in [1.82, 2.24) is 5.32 Å². The van der Waals surface area contributed by atoms with E-state index in [-0.39, 0.29) is 12.5 Å². The minimum Gasteiger partial charge on any atom is -0.483 e. The van der Waals surface area contributed by atoms with E-state index in [1.54, 1.807) is 11.8 Å². The number of nitrogens with one attached hydrogen (secondary N) is 1. The standard InChI is InChI=1S/C21H20BrNO2S/c1-15-6-9-17(10-7-15)26-13-12-23-20(24)14-25-19-11-8-16-4-2-3-5-18(16)21(19)22/h2-11H,12-14H2,1H3,(H,23,24). The Morgan fingerprint density at radius 1 is 1.08 bits per heavy atom. The van der Waals surface area contributed by atoms with Crippen molar-refractivity contribution in [3.8, 4) is 5.75 Å². The van der Waals surface area contributed by atoms with Crippen molar-refractivity contribution < 1.29 is 9.53 Å². The van der Waals surface area contributed by atoms with Gasteiger partial charge in [-0.2, -0.15) is 0 Å². The van der Waals surface area contributed by atoms with Gasteiger partial charge >= 0.3 is 0 Å². The second kappa shape index (κ2) is 9.10. The first-order valence-electron chi connectivity index (χ1n) is 8.40. The fraction of sp³-hybridized carbons (Fsp3) is 0.190. The maximum atomic E-state index is 12.0. The Labute approximate surface area is 166 Å². The Bertz CT molecular complexity index is 896. The molecule has 0 atom stereocenters. The maximum Gasteiger partial charge on any atom is 0.257 e. The van der Waals surface area contributed by atoms with Crippen molar-refractivity contribution in [3.63, 3.8) is 0 Å². The minimum absolute atomic E-state index is 0.00609. The molecule has 3 aromatic rings. The lowest BCUT2D eigenvalue weighted by atomic mass is 10.1. The highest BCUT2D eigenvalue weighted by Gasteiger charge is 2.08. The van der Waals surface area contributed by atoms with Crippen LogP contribution in [0.1, 0.15) is 5.56 Å². The minimum atomic E-state index is -0.116.